The molecule has 0 aromatic heterocycles. The summed E-state index contributed by atoms with van der Waals surface area (Å²) in [5.41, 5.74) is 0. The maximum Gasteiger partial charge on any atom is 0.303 e. The van der Waals surface area contributed by atoms with Crippen molar-refractivity contribution in [1.82, 2.24) is 0 Å². The molecule has 124 valence electrons. The molecule has 1 N–H and O–H groups in total. The average molecular weight is 308 g/mol. The fraction of sp³-hybridized carbons (Fsp3) is 0.550. The van der Waals surface area contributed by atoms with Gasteiger partial charge in [0.15, 0.2) is 0 Å². The van der Waals surface area contributed by atoms with Gasteiger partial charge in [-0.3, -0.25) is 4.79 Å². The third kappa shape index (κ3) is 18.4. The third-order valence-electron chi connectivity index (χ3n) is 3.22. The van der Waals surface area contributed by atoms with E-state index >= 15 is 0 Å². The molecule has 2 heteroatoms. The van der Waals surface area contributed by atoms with Crippen LogP contribution in [0.5, 0.6) is 0 Å². The normalized spacial score (nSPS) is 12.4. The number of rotatable bonds is 14. The third-order valence-corrected chi connectivity index (χ3v) is 3.22. The Bertz CT molecular complexity index is 362. The van der Waals surface area contributed by atoms with E-state index in [0.29, 0.717) is 0 Å². The first-order valence-electron chi connectivity index (χ1n) is 8.59. The quantitative estimate of drug-likeness (QED) is 0.235. The lowest BCUT2D eigenvalue weighted by molar-refractivity contribution is -0.137. The Morgan fingerprint density at radius 1 is 0.727 bits per heavy atom. The van der Waals surface area contributed by atoms with E-state index in [-0.39, 0.29) is 6.42 Å². The average Bonchev–Trinajstić information content (AvgIpc) is 2.50. The molecule has 0 saturated carbocycles. The summed E-state index contributed by atoms with van der Waals surface area (Å²) in [6.07, 6.45) is 27.3. The van der Waals surface area contributed by atoms with E-state index < -0.39 is 5.97 Å². The first kappa shape index (κ1) is 20.4. The molecule has 0 heterocycles. The minimum absolute atomic E-state index is 0.262. The van der Waals surface area contributed by atoms with Gasteiger partial charge in [-0.05, 0) is 44.9 Å². The van der Waals surface area contributed by atoms with Crippen LogP contribution in [0.3, 0.4) is 0 Å². The van der Waals surface area contributed by atoms with Gasteiger partial charge in [-0.2, -0.15) is 0 Å². The Labute approximate surface area is 136 Å². The highest BCUT2D eigenvalue weighted by molar-refractivity contribution is 5.66. The Morgan fingerprint density at radius 2 is 1.18 bits per heavy atom. The molecular weight excluding hydrogens is 276 g/mol. The predicted octanol–water partition coefficient (Wildman–Crippen LogP) is 6.22. The van der Waals surface area contributed by atoms with E-state index in [2.05, 4.69) is 55.5 Å². The molecule has 2 nitrogen and oxygen atoms in total. The Balaban J connectivity index is 3.40. The van der Waals surface area contributed by atoms with Gasteiger partial charge in [0.05, 0.1) is 0 Å². The van der Waals surface area contributed by atoms with E-state index in [1.807, 2.05) is 0 Å². The van der Waals surface area contributed by atoms with Crippen molar-refractivity contribution in [2.45, 2.75) is 71.1 Å². The molecule has 0 bridgehead atoms. The fourth-order valence-corrected chi connectivity index (χ4v) is 1.93. The van der Waals surface area contributed by atoms with Gasteiger partial charge in [-0.15, -0.1) is 0 Å². The van der Waals surface area contributed by atoms with Crippen molar-refractivity contribution in [3.63, 3.8) is 0 Å². The molecule has 0 aromatic carbocycles. The Hall–Kier alpha value is -1.57. The standard InChI is InChI=1S/C20H32O2/c1-2-3-4-5-6-7-8-9-10-11-12-13-14-15-16-17-18-19-20(21)22/h6-7,9-10,12-13,15-16H,2-5,8,11,14,17-19H2,1H3,(H,21,22)/b7-6-,10-9-,13-12-,16-15-/i16+1,17+1,18+1,19+1. The molecular formula is C20H32O2. The lowest BCUT2D eigenvalue weighted by Gasteiger charge is -1.90. The number of carboxylic acid groups (broad SMARTS) is 1. The molecule has 0 amide bonds. The zero-order valence-electron chi connectivity index (χ0n) is 14.0. The van der Waals surface area contributed by atoms with Crippen molar-refractivity contribution in [2.75, 3.05) is 0 Å². The van der Waals surface area contributed by atoms with Crippen molar-refractivity contribution >= 4 is 5.97 Å². The highest BCUT2D eigenvalue weighted by atomic mass is 16.4. The zero-order chi connectivity index (χ0) is 16.3. The number of allylic oxidation sites excluding steroid dienone is 8. The van der Waals surface area contributed by atoms with Gasteiger partial charge in [0.1, 0.15) is 0 Å². The Morgan fingerprint density at radius 3 is 1.64 bits per heavy atom. The molecule has 0 aliphatic heterocycles. The monoisotopic (exact) mass is 308 g/mol. The molecule has 0 unspecified atom stereocenters. The van der Waals surface area contributed by atoms with Crippen molar-refractivity contribution in [3.8, 4) is 0 Å². The maximum atomic E-state index is 10.3. The summed E-state index contributed by atoms with van der Waals surface area (Å²) in [5, 5.41) is 8.49. The highest BCUT2D eigenvalue weighted by Gasteiger charge is 1.92. The fourth-order valence-electron chi connectivity index (χ4n) is 1.93. The molecule has 0 saturated heterocycles. The molecule has 0 rings (SSSR count). The first-order chi connectivity index (χ1) is 10.8. The van der Waals surface area contributed by atoms with Crippen molar-refractivity contribution < 1.29 is 9.90 Å². The van der Waals surface area contributed by atoms with Crippen LogP contribution in [0.1, 0.15) is 71.1 Å². The maximum absolute atomic E-state index is 10.3. The number of carbonyl (C=O) groups is 1. The number of unbranched alkanes of at least 4 members (excludes halogenated alkanes) is 4. The van der Waals surface area contributed by atoms with Crippen LogP contribution in [0, 0.1) is 0 Å². The smallest absolute Gasteiger partial charge is 0.303 e. The Kier molecular flexibility index (Phi) is 16.2. The second-order valence-electron chi connectivity index (χ2n) is 5.37. The van der Waals surface area contributed by atoms with Crippen LogP contribution < -0.4 is 0 Å². The summed E-state index contributed by atoms with van der Waals surface area (Å²) in [5.74, 6) is -0.712. The SMILES string of the molecule is CCCCC/C=C\C/C=C\C/C=C\C/C=[13CH]\[13CH2][13CH2][13CH2]C(=O)O. The number of hydrogen-bond acceptors (Lipinski definition) is 1. The summed E-state index contributed by atoms with van der Waals surface area (Å²) < 4.78 is 0. The van der Waals surface area contributed by atoms with Gasteiger partial charge < -0.3 is 5.11 Å². The van der Waals surface area contributed by atoms with Crippen LogP contribution in [0.15, 0.2) is 48.6 Å². The highest BCUT2D eigenvalue weighted by Crippen LogP contribution is 2.01. The summed E-state index contributed by atoms with van der Waals surface area (Å²) in [6.45, 7) is 2.23. The van der Waals surface area contributed by atoms with Crippen LogP contribution in [-0.4, -0.2) is 11.1 Å². The second kappa shape index (κ2) is 17.5. The van der Waals surface area contributed by atoms with Gasteiger partial charge in [-0.1, -0.05) is 68.4 Å². The first-order valence-corrected chi connectivity index (χ1v) is 8.59. The lowest BCUT2D eigenvalue weighted by atomic mass is 10.2. The zero-order valence-corrected chi connectivity index (χ0v) is 14.0. The molecule has 0 aliphatic rings. The molecule has 0 aromatic rings. The lowest BCUT2D eigenvalue weighted by Crippen LogP contribution is -1.92. The van der Waals surface area contributed by atoms with E-state index in [4.69, 9.17) is 5.11 Å². The number of carboxylic acids is 1. The van der Waals surface area contributed by atoms with E-state index in [9.17, 15) is 4.79 Å². The minimum atomic E-state index is -0.712. The van der Waals surface area contributed by atoms with Crippen molar-refractivity contribution in [3.05, 3.63) is 48.6 Å². The summed E-state index contributed by atoms with van der Waals surface area (Å²) in [7, 11) is 0. The van der Waals surface area contributed by atoms with Gasteiger partial charge in [0, 0.05) is 6.42 Å². The van der Waals surface area contributed by atoms with Gasteiger partial charge in [0.25, 0.3) is 0 Å². The van der Waals surface area contributed by atoms with Crippen LogP contribution in [0.25, 0.3) is 0 Å². The topological polar surface area (TPSA) is 37.3 Å². The van der Waals surface area contributed by atoms with Crippen LogP contribution >= 0.6 is 0 Å². The second-order valence-corrected chi connectivity index (χ2v) is 5.37. The molecule has 0 atom stereocenters. The van der Waals surface area contributed by atoms with Gasteiger partial charge >= 0.3 is 5.97 Å². The molecule has 0 aliphatic carbocycles. The van der Waals surface area contributed by atoms with Crippen LogP contribution in [0.2, 0.25) is 0 Å². The largest absolute Gasteiger partial charge is 0.481 e. The number of aliphatic carboxylic acids is 1. The predicted molar refractivity (Wildman–Crippen MR) is 96.0 cm³/mol. The number of hydrogen-bond donors (Lipinski definition) is 1. The molecule has 22 heavy (non-hydrogen) atoms. The van der Waals surface area contributed by atoms with Crippen molar-refractivity contribution in [1.29, 1.82) is 0 Å². The van der Waals surface area contributed by atoms with E-state index in [1.165, 1.54) is 25.7 Å². The van der Waals surface area contributed by atoms with Crippen molar-refractivity contribution in [2.24, 2.45) is 0 Å². The summed E-state index contributed by atoms with van der Waals surface area (Å²) in [6, 6.07) is 0. The van der Waals surface area contributed by atoms with Gasteiger partial charge in [0.2, 0.25) is 0 Å². The van der Waals surface area contributed by atoms with E-state index in [1.54, 1.807) is 0 Å². The molecule has 0 radical (unpaired) electrons. The summed E-state index contributed by atoms with van der Waals surface area (Å²) in [4.78, 5) is 10.3. The van der Waals surface area contributed by atoms with Gasteiger partial charge in [-0.25, -0.2) is 0 Å². The van der Waals surface area contributed by atoms with Crippen LogP contribution in [0.4, 0.5) is 0 Å². The minimum Gasteiger partial charge on any atom is -0.481 e. The van der Waals surface area contributed by atoms with Crippen LogP contribution in [-0.2, 0) is 4.79 Å². The molecule has 0 fully saturated rings. The van der Waals surface area contributed by atoms with E-state index in [0.717, 1.165) is 32.1 Å². The molecule has 0 spiro atoms. The summed E-state index contributed by atoms with van der Waals surface area (Å²) >= 11 is 0.